The first kappa shape index (κ1) is 9.81. The Labute approximate surface area is 101 Å². The third kappa shape index (κ3) is 1.27. The van der Waals surface area contributed by atoms with Crippen LogP contribution in [0, 0.1) is 17.8 Å². The summed E-state index contributed by atoms with van der Waals surface area (Å²) in [7, 11) is 0. The molecule has 4 fully saturated rings. The summed E-state index contributed by atoms with van der Waals surface area (Å²) in [4.78, 5) is 16.3. The number of hydrogen-bond donors (Lipinski definition) is 0. The van der Waals surface area contributed by atoms with Gasteiger partial charge in [-0.05, 0) is 61.1 Å². The monoisotopic (exact) mass is 227 g/mol. The van der Waals surface area contributed by atoms with Gasteiger partial charge in [-0.3, -0.25) is 9.78 Å². The molecule has 5 rings (SSSR count). The second kappa shape index (κ2) is 3.18. The fourth-order valence-corrected chi connectivity index (χ4v) is 4.81. The Balaban J connectivity index is 1.79. The van der Waals surface area contributed by atoms with Crippen molar-refractivity contribution >= 4 is 5.78 Å². The molecule has 0 N–H and O–H groups in total. The van der Waals surface area contributed by atoms with Gasteiger partial charge in [0.25, 0.3) is 0 Å². The zero-order chi connectivity index (χ0) is 11.5. The zero-order valence-corrected chi connectivity index (χ0v) is 9.93. The number of nitrogens with zero attached hydrogens (tertiary/aromatic N) is 1. The number of rotatable bonds is 1. The molecule has 17 heavy (non-hydrogen) atoms. The van der Waals surface area contributed by atoms with Crippen molar-refractivity contribution in [2.24, 2.45) is 17.8 Å². The predicted molar refractivity (Wildman–Crippen MR) is 64.5 cm³/mol. The molecule has 0 aromatic carbocycles. The van der Waals surface area contributed by atoms with Gasteiger partial charge in [0, 0.05) is 24.2 Å². The Bertz CT molecular complexity index is 449. The minimum Gasteiger partial charge on any atom is -0.299 e. The lowest BCUT2D eigenvalue weighted by atomic mass is 9.47. The first-order valence-corrected chi connectivity index (χ1v) is 6.71. The van der Waals surface area contributed by atoms with Crippen LogP contribution in [-0.2, 0) is 10.2 Å². The molecule has 1 aromatic rings. The molecule has 0 radical (unpaired) electrons. The standard InChI is InChI=1S/C15H17NO/c17-14-11-5-10-6-12(14)9-15(7-10,8-11)13-1-3-16-4-2-13/h1-4,10-12H,5-9H2. The summed E-state index contributed by atoms with van der Waals surface area (Å²) in [6, 6.07) is 4.33. The van der Waals surface area contributed by atoms with Crippen LogP contribution in [0.25, 0.3) is 0 Å². The summed E-state index contributed by atoms with van der Waals surface area (Å²) in [5, 5.41) is 0. The van der Waals surface area contributed by atoms with E-state index < -0.39 is 0 Å². The third-order valence-electron chi connectivity index (χ3n) is 5.29. The first-order valence-electron chi connectivity index (χ1n) is 6.71. The van der Waals surface area contributed by atoms with Crippen molar-refractivity contribution in [3.63, 3.8) is 0 Å². The van der Waals surface area contributed by atoms with Gasteiger partial charge in [-0.25, -0.2) is 0 Å². The highest BCUT2D eigenvalue weighted by Gasteiger charge is 2.55. The van der Waals surface area contributed by atoms with Crippen LogP contribution in [0.2, 0.25) is 0 Å². The number of Topliss-reactive ketones (excluding diaryl/α,β-unsaturated/α-hetero) is 1. The van der Waals surface area contributed by atoms with Crippen LogP contribution in [0.4, 0.5) is 0 Å². The van der Waals surface area contributed by atoms with Gasteiger partial charge in [-0.1, -0.05) is 0 Å². The van der Waals surface area contributed by atoms with Gasteiger partial charge in [-0.2, -0.15) is 0 Å². The van der Waals surface area contributed by atoms with Gasteiger partial charge in [0.1, 0.15) is 5.78 Å². The van der Waals surface area contributed by atoms with Gasteiger partial charge in [0.2, 0.25) is 0 Å². The van der Waals surface area contributed by atoms with E-state index in [9.17, 15) is 4.79 Å². The predicted octanol–water partition coefficient (Wildman–Crippen LogP) is 2.73. The number of pyridine rings is 1. The van der Waals surface area contributed by atoms with E-state index >= 15 is 0 Å². The molecule has 4 aliphatic carbocycles. The molecule has 1 aromatic heterocycles. The molecular weight excluding hydrogens is 210 g/mol. The lowest BCUT2D eigenvalue weighted by molar-refractivity contribution is -0.142. The van der Waals surface area contributed by atoms with Crippen molar-refractivity contribution in [2.45, 2.75) is 37.5 Å². The van der Waals surface area contributed by atoms with E-state index in [-0.39, 0.29) is 0 Å². The van der Waals surface area contributed by atoms with Crippen LogP contribution < -0.4 is 0 Å². The maximum absolute atomic E-state index is 12.1. The summed E-state index contributed by atoms with van der Waals surface area (Å²) in [6.45, 7) is 0. The topological polar surface area (TPSA) is 30.0 Å². The van der Waals surface area contributed by atoms with Gasteiger partial charge >= 0.3 is 0 Å². The Morgan fingerprint density at radius 1 is 1.06 bits per heavy atom. The van der Waals surface area contributed by atoms with Crippen LogP contribution in [0.3, 0.4) is 0 Å². The average molecular weight is 227 g/mol. The molecule has 4 saturated carbocycles. The van der Waals surface area contributed by atoms with Crippen LogP contribution in [-0.4, -0.2) is 10.8 Å². The van der Waals surface area contributed by atoms with Crippen LogP contribution in [0.15, 0.2) is 24.5 Å². The van der Waals surface area contributed by atoms with E-state index in [0.717, 1.165) is 18.8 Å². The van der Waals surface area contributed by atoms with Crippen molar-refractivity contribution in [2.75, 3.05) is 0 Å². The fourth-order valence-electron chi connectivity index (χ4n) is 4.81. The number of aromatic nitrogens is 1. The van der Waals surface area contributed by atoms with Gasteiger partial charge in [-0.15, -0.1) is 0 Å². The number of hydrogen-bond acceptors (Lipinski definition) is 2. The summed E-state index contributed by atoms with van der Waals surface area (Å²) in [6.07, 6.45) is 9.64. The molecule has 0 spiro atoms. The molecule has 0 aliphatic heterocycles. The van der Waals surface area contributed by atoms with Crippen LogP contribution in [0.5, 0.6) is 0 Å². The highest BCUT2D eigenvalue weighted by Crippen LogP contribution is 2.59. The Hall–Kier alpha value is -1.18. The number of carbonyl (C=O) groups is 1. The molecule has 2 unspecified atom stereocenters. The average Bonchev–Trinajstić information content (AvgIpc) is 2.36. The lowest BCUT2D eigenvalue weighted by Crippen LogP contribution is -2.53. The maximum atomic E-state index is 12.1. The maximum Gasteiger partial charge on any atom is 0.139 e. The Morgan fingerprint density at radius 2 is 1.71 bits per heavy atom. The highest BCUT2D eigenvalue weighted by atomic mass is 16.1. The molecule has 2 nitrogen and oxygen atoms in total. The number of carbonyl (C=O) groups excluding carboxylic acids is 1. The highest BCUT2D eigenvalue weighted by molar-refractivity contribution is 5.86. The van der Waals surface area contributed by atoms with Gasteiger partial charge < -0.3 is 0 Å². The van der Waals surface area contributed by atoms with E-state index in [1.807, 2.05) is 12.4 Å². The zero-order valence-electron chi connectivity index (χ0n) is 9.93. The Kier molecular flexibility index (Phi) is 1.84. The van der Waals surface area contributed by atoms with Crippen LogP contribution in [0.1, 0.15) is 37.7 Å². The summed E-state index contributed by atoms with van der Waals surface area (Å²) < 4.78 is 0. The van der Waals surface area contributed by atoms with E-state index in [2.05, 4.69) is 17.1 Å². The number of ketones is 1. The minimum absolute atomic E-state index is 0.313. The van der Waals surface area contributed by atoms with Crippen molar-refractivity contribution in [3.05, 3.63) is 30.1 Å². The normalized spacial score (nSPS) is 43.1. The summed E-state index contributed by atoms with van der Waals surface area (Å²) in [5.41, 5.74) is 1.74. The summed E-state index contributed by atoms with van der Waals surface area (Å²) >= 11 is 0. The van der Waals surface area contributed by atoms with Crippen molar-refractivity contribution < 1.29 is 4.79 Å². The molecule has 1 heterocycles. The largest absolute Gasteiger partial charge is 0.299 e. The van der Waals surface area contributed by atoms with E-state index in [1.165, 1.54) is 24.8 Å². The minimum atomic E-state index is 0.313. The molecular formula is C15H17NO. The third-order valence-corrected chi connectivity index (χ3v) is 5.29. The van der Waals surface area contributed by atoms with Crippen LogP contribution >= 0.6 is 0 Å². The molecule has 2 heteroatoms. The van der Waals surface area contributed by atoms with Gasteiger partial charge in [0.15, 0.2) is 0 Å². The summed E-state index contributed by atoms with van der Waals surface area (Å²) in [5.74, 6) is 2.12. The quantitative estimate of drug-likeness (QED) is 0.738. The molecule has 4 bridgehead atoms. The molecule has 0 saturated heterocycles. The molecule has 2 atom stereocenters. The lowest BCUT2D eigenvalue weighted by Gasteiger charge is -2.56. The van der Waals surface area contributed by atoms with E-state index in [4.69, 9.17) is 0 Å². The van der Waals surface area contributed by atoms with Gasteiger partial charge in [0.05, 0.1) is 0 Å². The van der Waals surface area contributed by atoms with Crippen molar-refractivity contribution in [1.82, 2.24) is 4.98 Å². The van der Waals surface area contributed by atoms with Crippen molar-refractivity contribution in [1.29, 1.82) is 0 Å². The second-order valence-electron chi connectivity index (χ2n) is 6.26. The molecule has 88 valence electrons. The van der Waals surface area contributed by atoms with Crippen molar-refractivity contribution in [3.8, 4) is 0 Å². The Morgan fingerprint density at radius 3 is 2.35 bits per heavy atom. The smallest absolute Gasteiger partial charge is 0.139 e. The molecule has 4 aliphatic rings. The second-order valence-corrected chi connectivity index (χ2v) is 6.26. The fraction of sp³-hybridized carbons (Fsp3) is 0.600. The van der Waals surface area contributed by atoms with E-state index in [0.29, 0.717) is 23.0 Å². The first-order chi connectivity index (χ1) is 8.27. The molecule has 0 amide bonds. The SMILES string of the molecule is O=C1C2CC3CC1CC(c1ccncc1)(C3)C2. The van der Waals surface area contributed by atoms with E-state index in [1.54, 1.807) is 0 Å².